The largest absolute Gasteiger partial charge is 0.507 e. The smallest absolute Gasteiger partial charge is 0.300 e. The van der Waals surface area contributed by atoms with E-state index in [1.54, 1.807) is 44.4 Å². The van der Waals surface area contributed by atoms with Crippen LogP contribution in [-0.2, 0) is 9.59 Å². The third-order valence-electron chi connectivity index (χ3n) is 6.75. The molecule has 2 saturated heterocycles. The van der Waals surface area contributed by atoms with E-state index >= 15 is 0 Å². The van der Waals surface area contributed by atoms with E-state index in [9.17, 15) is 14.7 Å². The van der Waals surface area contributed by atoms with Crippen LogP contribution in [0.25, 0.3) is 5.76 Å². The Bertz CT molecular complexity index is 1340. The van der Waals surface area contributed by atoms with Crippen molar-refractivity contribution in [1.29, 1.82) is 0 Å². The van der Waals surface area contributed by atoms with Gasteiger partial charge < -0.3 is 19.2 Å². The van der Waals surface area contributed by atoms with Crippen LogP contribution in [-0.4, -0.2) is 37.0 Å². The zero-order valence-electron chi connectivity index (χ0n) is 20.2. The molecular weight excluding hydrogens is 524 g/mol. The van der Waals surface area contributed by atoms with Crippen molar-refractivity contribution in [3.05, 3.63) is 81.7 Å². The number of furan rings is 1. The van der Waals surface area contributed by atoms with Crippen molar-refractivity contribution in [2.75, 3.05) is 30.0 Å². The molecule has 1 N–H and O–H groups in total. The molecule has 2 aromatic carbocycles. The minimum atomic E-state index is -0.902. The van der Waals surface area contributed by atoms with Gasteiger partial charge in [0.2, 0.25) is 0 Å². The highest BCUT2D eigenvalue weighted by atomic mass is 79.9. The number of hydrogen-bond acceptors (Lipinski definition) is 6. The number of hydrogen-bond donors (Lipinski definition) is 1. The van der Waals surface area contributed by atoms with Crippen molar-refractivity contribution in [2.45, 2.75) is 32.2 Å². The van der Waals surface area contributed by atoms with E-state index in [0.29, 0.717) is 33.0 Å². The summed E-state index contributed by atoms with van der Waals surface area (Å²) in [5, 5.41) is 11.3. The number of aliphatic hydroxyl groups excluding tert-OH is 1. The number of halogens is 1. The Kier molecular flexibility index (Phi) is 6.62. The highest BCUT2D eigenvalue weighted by Crippen LogP contribution is 2.43. The van der Waals surface area contributed by atoms with Crippen molar-refractivity contribution in [3.63, 3.8) is 0 Å². The van der Waals surface area contributed by atoms with Gasteiger partial charge in [-0.2, -0.15) is 0 Å². The van der Waals surface area contributed by atoms with Crippen LogP contribution in [0.15, 0.2) is 69.1 Å². The third kappa shape index (κ3) is 4.30. The molecule has 5 rings (SSSR count). The van der Waals surface area contributed by atoms with Gasteiger partial charge in [0.15, 0.2) is 0 Å². The number of rotatable bonds is 5. The second kappa shape index (κ2) is 9.85. The lowest BCUT2D eigenvalue weighted by Crippen LogP contribution is -2.30. The van der Waals surface area contributed by atoms with Crippen LogP contribution in [0.4, 0.5) is 11.4 Å². The maximum atomic E-state index is 13.3. The first-order chi connectivity index (χ1) is 17.4. The van der Waals surface area contributed by atoms with Gasteiger partial charge in [-0.3, -0.25) is 14.5 Å². The van der Waals surface area contributed by atoms with E-state index in [0.717, 1.165) is 31.6 Å². The molecule has 1 amide bonds. The average molecular weight is 551 g/mol. The molecule has 2 aliphatic rings. The van der Waals surface area contributed by atoms with Crippen LogP contribution in [0.5, 0.6) is 5.75 Å². The van der Waals surface area contributed by atoms with Gasteiger partial charge in [0.05, 0.1) is 17.2 Å². The zero-order valence-corrected chi connectivity index (χ0v) is 21.7. The normalized spacial score (nSPS) is 19.7. The number of carbonyl (C=O) groups is 2. The predicted octanol–water partition coefficient (Wildman–Crippen LogP) is 5.98. The van der Waals surface area contributed by atoms with Gasteiger partial charge in [-0.05, 0) is 96.7 Å². The summed E-state index contributed by atoms with van der Waals surface area (Å²) in [5.41, 5.74) is 2.01. The summed E-state index contributed by atoms with van der Waals surface area (Å²) in [4.78, 5) is 30.4. The van der Waals surface area contributed by atoms with E-state index in [-0.39, 0.29) is 11.3 Å². The monoisotopic (exact) mass is 550 g/mol. The van der Waals surface area contributed by atoms with Crippen LogP contribution in [0.2, 0.25) is 0 Å². The Balaban J connectivity index is 1.59. The summed E-state index contributed by atoms with van der Waals surface area (Å²) in [6, 6.07) is 15.2. The third-order valence-corrected chi connectivity index (χ3v) is 7.37. The van der Waals surface area contributed by atoms with Crippen molar-refractivity contribution in [3.8, 4) is 5.75 Å². The summed E-state index contributed by atoms with van der Waals surface area (Å²) < 4.78 is 11.8. The minimum absolute atomic E-state index is 0.0217. The minimum Gasteiger partial charge on any atom is -0.507 e. The van der Waals surface area contributed by atoms with E-state index in [1.165, 1.54) is 11.3 Å². The molecular formula is C28H27BrN2O5. The number of anilines is 2. The quantitative estimate of drug-likeness (QED) is 0.239. The number of ketones is 1. The number of Topliss-reactive ketones (excluding diaryl/α,β-unsaturated/α-hetero) is 1. The van der Waals surface area contributed by atoms with Gasteiger partial charge in [0.1, 0.15) is 29.1 Å². The molecule has 186 valence electrons. The lowest BCUT2D eigenvalue weighted by molar-refractivity contribution is -0.132. The number of ether oxygens (including phenoxy) is 1. The summed E-state index contributed by atoms with van der Waals surface area (Å²) in [6.45, 7) is 3.81. The molecule has 36 heavy (non-hydrogen) atoms. The molecule has 1 aromatic heterocycles. The Morgan fingerprint density at radius 1 is 1.00 bits per heavy atom. The van der Waals surface area contributed by atoms with Crippen molar-refractivity contribution >= 4 is 44.8 Å². The molecule has 0 spiro atoms. The highest BCUT2D eigenvalue weighted by Gasteiger charge is 2.48. The molecule has 3 aromatic rings. The zero-order chi connectivity index (χ0) is 25.4. The summed E-state index contributed by atoms with van der Waals surface area (Å²) in [7, 11) is 1.54. The predicted molar refractivity (Wildman–Crippen MR) is 141 cm³/mol. The SMILES string of the molecule is COc1ccc(/C(O)=C2/C(=O)C(=O)N(c3ccc(N4CCCCC4)cc3)C2c2ccc(C)o2)cc1Br. The summed E-state index contributed by atoms with van der Waals surface area (Å²) in [5.74, 6) is -0.126. The van der Waals surface area contributed by atoms with Crippen LogP contribution in [0.3, 0.4) is 0 Å². The fourth-order valence-electron chi connectivity index (χ4n) is 4.91. The molecule has 7 nitrogen and oxygen atoms in total. The first kappa shape index (κ1) is 24.2. The second-order valence-corrected chi connectivity index (χ2v) is 9.89. The maximum absolute atomic E-state index is 13.3. The van der Waals surface area contributed by atoms with E-state index < -0.39 is 17.7 Å². The number of benzene rings is 2. The maximum Gasteiger partial charge on any atom is 0.300 e. The molecule has 2 aliphatic heterocycles. The lowest BCUT2D eigenvalue weighted by Gasteiger charge is -2.29. The molecule has 0 aliphatic carbocycles. The van der Waals surface area contributed by atoms with Gasteiger partial charge in [0.25, 0.3) is 11.7 Å². The lowest BCUT2D eigenvalue weighted by atomic mass is 9.99. The highest BCUT2D eigenvalue weighted by molar-refractivity contribution is 9.10. The van der Waals surface area contributed by atoms with Crippen molar-refractivity contribution < 1.29 is 23.8 Å². The van der Waals surface area contributed by atoms with Crippen molar-refractivity contribution in [2.24, 2.45) is 0 Å². The fourth-order valence-corrected chi connectivity index (χ4v) is 5.45. The number of amides is 1. The molecule has 2 fully saturated rings. The Morgan fingerprint density at radius 2 is 1.69 bits per heavy atom. The average Bonchev–Trinajstić information content (AvgIpc) is 3.44. The number of piperidine rings is 1. The molecule has 3 heterocycles. The number of carbonyl (C=O) groups excluding carboxylic acids is 2. The molecule has 1 atom stereocenters. The molecule has 0 saturated carbocycles. The number of aryl methyl sites for hydroxylation is 1. The molecule has 8 heteroatoms. The number of methoxy groups -OCH3 is 1. The molecule has 0 radical (unpaired) electrons. The van der Waals surface area contributed by atoms with Crippen LogP contribution in [0, 0.1) is 6.92 Å². The standard InChI is InChI=1S/C28H27BrN2O5/c1-17-6-12-23(36-17)25-24(26(32)18-7-13-22(35-2)21(29)16-18)27(33)28(34)31(25)20-10-8-19(9-11-20)30-14-4-3-5-15-30/h6-13,16,25,32H,3-5,14-15H2,1-2H3/b26-24-. The number of aliphatic hydroxyl groups is 1. The second-order valence-electron chi connectivity index (χ2n) is 9.03. The van der Waals surface area contributed by atoms with Gasteiger partial charge in [0, 0.05) is 30.0 Å². The molecule has 0 bridgehead atoms. The fraction of sp³-hybridized carbons (Fsp3) is 0.286. The van der Waals surface area contributed by atoms with Crippen LogP contribution < -0.4 is 14.5 Å². The van der Waals surface area contributed by atoms with Crippen molar-refractivity contribution in [1.82, 2.24) is 0 Å². The van der Waals surface area contributed by atoms with Gasteiger partial charge >= 0.3 is 0 Å². The van der Waals surface area contributed by atoms with Crippen LogP contribution in [0.1, 0.15) is 42.4 Å². The van der Waals surface area contributed by atoms with Crippen LogP contribution >= 0.6 is 15.9 Å². The van der Waals surface area contributed by atoms with Gasteiger partial charge in [-0.1, -0.05) is 0 Å². The van der Waals surface area contributed by atoms with E-state index in [4.69, 9.17) is 9.15 Å². The first-order valence-corrected chi connectivity index (χ1v) is 12.7. The topological polar surface area (TPSA) is 83.2 Å². The molecule has 1 unspecified atom stereocenters. The summed E-state index contributed by atoms with van der Waals surface area (Å²) >= 11 is 3.42. The van der Waals surface area contributed by atoms with E-state index in [1.807, 2.05) is 24.3 Å². The summed E-state index contributed by atoms with van der Waals surface area (Å²) in [6.07, 6.45) is 3.57. The Morgan fingerprint density at radius 3 is 2.31 bits per heavy atom. The number of nitrogens with zero attached hydrogens (tertiary/aromatic N) is 2. The Hall–Kier alpha value is -3.52. The first-order valence-electron chi connectivity index (χ1n) is 12.0. The Labute approximate surface area is 218 Å². The van der Waals surface area contributed by atoms with E-state index in [2.05, 4.69) is 20.8 Å². The van der Waals surface area contributed by atoms with Gasteiger partial charge in [-0.15, -0.1) is 0 Å². The van der Waals surface area contributed by atoms with Gasteiger partial charge in [-0.25, -0.2) is 0 Å².